The third kappa shape index (κ3) is 2.56. The van der Waals surface area contributed by atoms with Gasteiger partial charge in [-0.05, 0) is 20.8 Å². The van der Waals surface area contributed by atoms with Crippen molar-refractivity contribution in [1.29, 1.82) is 0 Å². The molecule has 1 aromatic heterocycles. The number of aromatic amines is 1. The number of rotatable bonds is 3. The first-order valence-electron chi connectivity index (χ1n) is 4.44. The highest BCUT2D eigenvalue weighted by atomic mass is 16.3. The molecule has 0 fully saturated rings. The summed E-state index contributed by atoms with van der Waals surface area (Å²) in [6, 6.07) is -0.232. The van der Waals surface area contributed by atoms with Gasteiger partial charge in [0.2, 0.25) is 0 Å². The monoisotopic (exact) mass is 197 g/mol. The third-order valence-electron chi connectivity index (χ3n) is 1.83. The first-order valence-corrected chi connectivity index (χ1v) is 4.44. The molecule has 0 bridgehead atoms. The van der Waals surface area contributed by atoms with E-state index in [0.717, 1.165) is 0 Å². The number of hydrogen-bond acceptors (Lipinski definition) is 3. The number of amides is 1. The summed E-state index contributed by atoms with van der Waals surface area (Å²) in [5, 5.41) is 12.0. The predicted molar refractivity (Wildman–Crippen MR) is 51.4 cm³/mol. The lowest BCUT2D eigenvalue weighted by Crippen LogP contribution is -2.43. The number of imidazole rings is 1. The Morgan fingerprint density at radius 1 is 1.71 bits per heavy atom. The lowest BCUT2D eigenvalue weighted by molar-refractivity contribution is -0.137. The van der Waals surface area contributed by atoms with Crippen LogP contribution in [-0.2, 0) is 4.79 Å². The average molecular weight is 197 g/mol. The molecular formula is C9H15N3O2. The second kappa shape index (κ2) is 3.79. The molecule has 1 aromatic rings. The molecule has 0 aliphatic rings. The lowest BCUT2D eigenvalue weighted by atomic mass is 10.1. The van der Waals surface area contributed by atoms with E-state index in [1.54, 1.807) is 19.3 Å². The number of carbonyl (C=O) groups is 1. The summed E-state index contributed by atoms with van der Waals surface area (Å²) in [6.07, 6.45) is 3.30. The van der Waals surface area contributed by atoms with Gasteiger partial charge in [-0.3, -0.25) is 4.79 Å². The Balaban J connectivity index is 2.58. The topological polar surface area (TPSA) is 78.0 Å². The van der Waals surface area contributed by atoms with Crippen molar-refractivity contribution in [2.24, 2.45) is 0 Å². The van der Waals surface area contributed by atoms with Gasteiger partial charge in [0, 0.05) is 12.4 Å². The molecule has 14 heavy (non-hydrogen) atoms. The maximum absolute atomic E-state index is 11.4. The highest BCUT2D eigenvalue weighted by Gasteiger charge is 2.25. The molecule has 1 unspecified atom stereocenters. The van der Waals surface area contributed by atoms with E-state index in [-0.39, 0.29) is 6.04 Å². The molecule has 0 saturated carbocycles. The summed E-state index contributed by atoms with van der Waals surface area (Å²) >= 11 is 0. The van der Waals surface area contributed by atoms with E-state index in [1.807, 2.05) is 0 Å². The minimum Gasteiger partial charge on any atom is -0.381 e. The van der Waals surface area contributed by atoms with E-state index in [9.17, 15) is 9.90 Å². The summed E-state index contributed by atoms with van der Waals surface area (Å²) in [6.45, 7) is 4.68. The van der Waals surface area contributed by atoms with Crippen molar-refractivity contribution in [1.82, 2.24) is 15.3 Å². The summed E-state index contributed by atoms with van der Waals surface area (Å²) < 4.78 is 0. The van der Waals surface area contributed by atoms with Crippen LogP contribution in [0.1, 0.15) is 32.6 Å². The van der Waals surface area contributed by atoms with Gasteiger partial charge in [0.05, 0.1) is 6.04 Å². The number of hydrogen-bond donors (Lipinski definition) is 3. The molecule has 0 aliphatic heterocycles. The van der Waals surface area contributed by atoms with Gasteiger partial charge in [0.1, 0.15) is 11.4 Å². The van der Waals surface area contributed by atoms with Crippen LogP contribution in [0, 0.1) is 0 Å². The van der Waals surface area contributed by atoms with Crippen LogP contribution in [0.15, 0.2) is 12.4 Å². The van der Waals surface area contributed by atoms with Crippen LogP contribution >= 0.6 is 0 Å². The van der Waals surface area contributed by atoms with Gasteiger partial charge in [-0.2, -0.15) is 0 Å². The Labute approximate surface area is 82.6 Å². The number of nitrogens with zero attached hydrogens (tertiary/aromatic N) is 1. The Kier molecular flexibility index (Phi) is 2.90. The van der Waals surface area contributed by atoms with Crippen LogP contribution in [0.25, 0.3) is 0 Å². The maximum Gasteiger partial charge on any atom is 0.251 e. The fourth-order valence-electron chi connectivity index (χ4n) is 0.956. The number of H-pyrrole nitrogens is 1. The minimum absolute atomic E-state index is 0.232. The van der Waals surface area contributed by atoms with Gasteiger partial charge in [-0.1, -0.05) is 0 Å². The van der Waals surface area contributed by atoms with E-state index >= 15 is 0 Å². The number of nitrogens with one attached hydrogen (secondary N) is 2. The quantitative estimate of drug-likeness (QED) is 0.654. The molecule has 5 nitrogen and oxygen atoms in total. The van der Waals surface area contributed by atoms with Gasteiger partial charge in [0.15, 0.2) is 0 Å². The fraction of sp³-hybridized carbons (Fsp3) is 0.556. The average Bonchev–Trinajstić information content (AvgIpc) is 2.53. The van der Waals surface area contributed by atoms with Crippen LogP contribution in [-0.4, -0.2) is 26.6 Å². The summed E-state index contributed by atoms with van der Waals surface area (Å²) in [4.78, 5) is 18.3. The van der Waals surface area contributed by atoms with Crippen molar-refractivity contribution in [2.45, 2.75) is 32.4 Å². The van der Waals surface area contributed by atoms with E-state index in [2.05, 4.69) is 15.3 Å². The normalized spacial score (nSPS) is 13.7. The molecule has 0 saturated heterocycles. The second-order valence-electron chi connectivity index (χ2n) is 3.73. The van der Waals surface area contributed by atoms with Crippen LogP contribution in [0.2, 0.25) is 0 Å². The zero-order valence-corrected chi connectivity index (χ0v) is 8.53. The first-order chi connectivity index (χ1) is 6.41. The Morgan fingerprint density at radius 2 is 2.36 bits per heavy atom. The fourth-order valence-corrected chi connectivity index (χ4v) is 0.956. The molecule has 5 heteroatoms. The molecule has 0 radical (unpaired) electrons. The van der Waals surface area contributed by atoms with Crippen molar-refractivity contribution in [3.63, 3.8) is 0 Å². The molecular weight excluding hydrogens is 182 g/mol. The zero-order valence-electron chi connectivity index (χ0n) is 8.53. The molecule has 0 aromatic carbocycles. The number of carbonyl (C=O) groups excluding carboxylic acids is 1. The van der Waals surface area contributed by atoms with Crippen molar-refractivity contribution in [2.75, 3.05) is 0 Å². The van der Waals surface area contributed by atoms with Gasteiger partial charge in [-0.25, -0.2) is 4.98 Å². The van der Waals surface area contributed by atoms with Crippen LogP contribution < -0.4 is 5.32 Å². The molecule has 1 heterocycles. The van der Waals surface area contributed by atoms with Crippen LogP contribution in [0.5, 0.6) is 0 Å². The minimum atomic E-state index is -1.36. The smallest absolute Gasteiger partial charge is 0.251 e. The zero-order chi connectivity index (χ0) is 10.8. The Bertz CT molecular complexity index is 300. The standard InChI is InChI=1S/C9H15N3O2/c1-6(7-10-4-5-11-7)12-8(13)9(2,3)14/h4-6,14H,1-3H3,(H,10,11)(H,12,13). The molecule has 3 N–H and O–H groups in total. The largest absolute Gasteiger partial charge is 0.381 e. The van der Waals surface area contributed by atoms with Crippen molar-refractivity contribution in [3.8, 4) is 0 Å². The van der Waals surface area contributed by atoms with Crippen LogP contribution in [0.4, 0.5) is 0 Å². The van der Waals surface area contributed by atoms with Crippen molar-refractivity contribution in [3.05, 3.63) is 18.2 Å². The third-order valence-corrected chi connectivity index (χ3v) is 1.83. The van der Waals surface area contributed by atoms with E-state index < -0.39 is 11.5 Å². The van der Waals surface area contributed by atoms with E-state index in [1.165, 1.54) is 13.8 Å². The maximum atomic E-state index is 11.4. The number of aromatic nitrogens is 2. The molecule has 0 aliphatic carbocycles. The molecule has 0 spiro atoms. The second-order valence-corrected chi connectivity index (χ2v) is 3.73. The SMILES string of the molecule is CC(NC(=O)C(C)(C)O)c1ncc[nH]1. The van der Waals surface area contributed by atoms with Crippen molar-refractivity contribution >= 4 is 5.91 Å². The first kappa shape index (κ1) is 10.7. The number of aliphatic hydroxyl groups is 1. The molecule has 1 rings (SSSR count). The lowest BCUT2D eigenvalue weighted by Gasteiger charge is -2.19. The summed E-state index contributed by atoms with van der Waals surface area (Å²) in [5.74, 6) is 0.254. The van der Waals surface area contributed by atoms with Crippen molar-refractivity contribution < 1.29 is 9.90 Å². The molecule has 1 atom stereocenters. The predicted octanol–water partition coefficient (Wildman–Crippen LogP) is 0.358. The van der Waals surface area contributed by atoms with Gasteiger partial charge in [0.25, 0.3) is 5.91 Å². The van der Waals surface area contributed by atoms with Gasteiger partial charge >= 0.3 is 0 Å². The molecule has 1 amide bonds. The van der Waals surface area contributed by atoms with Gasteiger partial charge < -0.3 is 15.4 Å². The van der Waals surface area contributed by atoms with E-state index in [0.29, 0.717) is 5.82 Å². The Hall–Kier alpha value is -1.36. The van der Waals surface area contributed by atoms with Gasteiger partial charge in [-0.15, -0.1) is 0 Å². The molecule has 78 valence electrons. The summed E-state index contributed by atoms with van der Waals surface area (Å²) in [7, 11) is 0. The van der Waals surface area contributed by atoms with Crippen LogP contribution in [0.3, 0.4) is 0 Å². The van der Waals surface area contributed by atoms with E-state index in [4.69, 9.17) is 0 Å². The highest BCUT2D eigenvalue weighted by molar-refractivity contribution is 5.84. The Morgan fingerprint density at radius 3 is 2.79 bits per heavy atom. The highest BCUT2D eigenvalue weighted by Crippen LogP contribution is 2.08. The summed E-state index contributed by atoms with van der Waals surface area (Å²) in [5.41, 5.74) is -1.36.